The zero-order valence-corrected chi connectivity index (χ0v) is 11.8. The van der Waals surface area contributed by atoms with Crippen LogP contribution in [0.25, 0.3) is 0 Å². The molecular weight excluding hydrogens is 328 g/mol. The first-order valence-corrected chi connectivity index (χ1v) is 6.16. The molecule has 1 aromatic carbocycles. The van der Waals surface area contributed by atoms with Crippen LogP contribution in [0.1, 0.15) is 11.3 Å². The van der Waals surface area contributed by atoms with Crippen molar-refractivity contribution in [2.24, 2.45) is 0 Å². The van der Waals surface area contributed by atoms with Gasteiger partial charge in [-0.3, -0.25) is 10.1 Å². The molecule has 1 heterocycles. The van der Waals surface area contributed by atoms with Gasteiger partial charge in [-0.2, -0.15) is 10.2 Å². The Hall–Kier alpha value is -2.53. The largest absolute Gasteiger partial charge is 0.417 e. The molecule has 100 valence electrons. The molecule has 0 aliphatic rings. The van der Waals surface area contributed by atoms with E-state index in [1.165, 1.54) is 18.3 Å². The summed E-state index contributed by atoms with van der Waals surface area (Å²) in [4.78, 5) is 18.1. The number of nitro groups is 1. The highest BCUT2D eigenvalue weighted by Crippen LogP contribution is 2.36. The summed E-state index contributed by atoms with van der Waals surface area (Å²) in [5.74, 6) is 0.0493. The van der Waals surface area contributed by atoms with Crippen LogP contribution >= 0.6 is 15.9 Å². The molecule has 20 heavy (non-hydrogen) atoms. The summed E-state index contributed by atoms with van der Waals surface area (Å²) in [5, 5.41) is 19.8. The van der Waals surface area contributed by atoms with Gasteiger partial charge in [-0.25, -0.2) is 4.98 Å². The number of nitriles is 1. The summed E-state index contributed by atoms with van der Waals surface area (Å²) in [6.45, 7) is 1.67. The molecule has 8 heteroatoms. The first-order chi connectivity index (χ1) is 9.51. The predicted molar refractivity (Wildman–Crippen MR) is 72.4 cm³/mol. The second-order valence-electron chi connectivity index (χ2n) is 3.77. The van der Waals surface area contributed by atoms with Gasteiger partial charge in [0.1, 0.15) is 11.8 Å². The van der Waals surface area contributed by atoms with Crippen LogP contribution in [-0.2, 0) is 0 Å². The van der Waals surface area contributed by atoms with Crippen LogP contribution in [-0.4, -0.2) is 14.9 Å². The number of aryl methyl sites for hydroxylation is 1. The van der Waals surface area contributed by atoms with Crippen LogP contribution in [0.2, 0.25) is 0 Å². The Kier molecular flexibility index (Phi) is 3.91. The van der Waals surface area contributed by atoms with Gasteiger partial charge in [0.2, 0.25) is 5.75 Å². The van der Waals surface area contributed by atoms with E-state index in [4.69, 9.17) is 10.00 Å². The second-order valence-corrected chi connectivity index (χ2v) is 4.68. The number of hydrogen-bond acceptors (Lipinski definition) is 6. The van der Waals surface area contributed by atoms with Crippen molar-refractivity contribution in [3.63, 3.8) is 0 Å². The molecule has 0 amide bonds. The summed E-state index contributed by atoms with van der Waals surface area (Å²) < 4.78 is 5.93. The molecule has 2 aromatic rings. The maximum atomic E-state index is 11.1. The van der Waals surface area contributed by atoms with Crippen molar-refractivity contribution >= 4 is 21.6 Å². The van der Waals surface area contributed by atoms with Gasteiger partial charge in [0.15, 0.2) is 0 Å². The fourth-order valence-electron chi connectivity index (χ4n) is 1.52. The van der Waals surface area contributed by atoms with Gasteiger partial charge in [-0.15, -0.1) is 0 Å². The minimum Gasteiger partial charge on any atom is -0.417 e. The van der Waals surface area contributed by atoms with Gasteiger partial charge >= 0.3 is 11.7 Å². The van der Waals surface area contributed by atoms with Gasteiger partial charge in [0.05, 0.1) is 4.92 Å². The van der Waals surface area contributed by atoms with Gasteiger partial charge in [-0.05, 0) is 19.1 Å². The van der Waals surface area contributed by atoms with Crippen molar-refractivity contribution < 1.29 is 9.66 Å². The highest BCUT2D eigenvalue weighted by atomic mass is 79.9. The third kappa shape index (κ3) is 2.89. The predicted octanol–water partition coefficient (Wildman–Crippen LogP) is 3.12. The monoisotopic (exact) mass is 334 g/mol. The minimum absolute atomic E-state index is 0.0493. The highest BCUT2D eigenvalue weighted by Gasteiger charge is 2.20. The van der Waals surface area contributed by atoms with Crippen molar-refractivity contribution in [3.05, 3.63) is 50.2 Å². The number of benzene rings is 1. The third-order valence-corrected chi connectivity index (χ3v) is 2.82. The molecular formula is C12H7BrN4O3. The van der Waals surface area contributed by atoms with Crippen molar-refractivity contribution in [1.29, 1.82) is 5.26 Å². The van der Waals surface area contributed by atoms with E-state index in [9.17, 15) is 10.1 Å². The zero-order chi connectivity index (χ0) is 14.7. The second kappa shape index (κ2) is 5.63. The van der Waals surface area contributed by atoms with Crippen LogP contribution in [0.15, 0.2) is 28.9 Å². The molecule has 0 aliphatic heterocycles. The van der Waals surface area contributed by atoms with Crippen LogP contribution in [0.3, 0.4) is 0 Å². The fraction of sp³-hybridized carbons (Fsp3) is 0.0833. The Morgan fingerprint density at radius 1 is 1.50 bits per heavy atom. The van der Waals surface area contributed by atoms with E-state index in [1.807, 2.05) is 6.07 Å². The number of hydrogen-bond donors (Lipinski definition) is 0. The maximum absolute atomic E-state index is 11.1. The number of aromatic nitrogens is 2. The molecule has 0 unspecified atom stereocenters. The lowest BCUT2D eigenvalue weighted by atomic mass is 10.2. The van der Waals surface area contributed by atoms with Crippen molar-refractivity contribution in [3.8, 4) is 17.8 Å². The van der Waals surface area contributed by atoms with Gasteiger partial charge < -0.3 is 4.74 Å². The topological polar surface area (TPSA) is 102 Å². The summed E-state index contributed by atoms with van der Waals surface area (Å²) >= 11 is 3.19. The van der Waals surface area contributed by atoms with Crippen LogP contribution in [0.5, 0.6) is 11.8 Å². The first kappa shape index (κ1) is 13.9. The number of nitrogens with zero attached hydrogens (tertiary/aromatic N) is 4. The number of halogens is 1. The number of nitro benzene ring substituents is 1. The molecule has 1 aromatic heterocycles. The Labute approximate surface area is 122 Å². The molecule has 0 saturated heterocycles. The van der Waals surface area contributed by atoms with Crippen LogP contribution in [0.4, 0.5) is 5.69 Å². The molecule has 0 fully saturated rings. The minimum atomic E-state index is -0.554. The standard InChI is InChI=1S/C12H7BrN4O3/c1-7-4-8(13)5-10(17(18)19)11(7)20-12-15-3-2-9(6-14)16-12/h2-5H,1H3. The lowest BCUT2D eigenvalue weighted by molar-refractivity contribution is -0.385. The highest BCUT2D eigenvalue weighted by molar-refractivity contribution is 9.10. The molecule has 0 bridgehead atoms. The smallest absolute Gasteiger partial charge is 0.323 e. The number of ether oxygens (including phenoxy) is 1. The summed E-state index contributed by atoms with van der Waals surface area (Å²) in [6, 6.07) is 6.15. The molecule has 2 rings (SSSR count). The fourth-order valence-corrected chi connectivity index (χ4v) is 2.08. The Balaban J connectivity index is 2.48. The molecule has 0 atom stereocenters. The maximum Gasteiger partial charge on any atom is 0.323 e. The average molecular weight is 335 g/mol. The van der Waals surface area contributed by atoms with E-state index in [2.05, 4.69) is 25.9 Å². The molecule has 0 aliphatic carbocycles. The van der Waals surface area contributed by atoms with Crippen molar-refractivity contribution in [2.75, 3.05) is 0 Å². The summed E-state index contributed by atoms with van der Waals surface area (Å²) in [5.41, 5.74) is 0.465. The van der Waals surface area contributed by atoms with Crippen LogP contribution in [0, 0.1) is 28.4 Å². The third-order valence-electron chi connectivity index (χ3n) is 2.36. The first-order valence-electron chi connectivity index (χ1n) is 5.37. The SMILES string of the molecule is Cc1cc(Br)cc([N+](=O)[O-])c1Oc1nccc(C#N)n1. The van der Waals surface area contributed by atoms with Gasteiger partial charge in [-0.1, -0.05) is 15.9 Å². The zero-order valence-electron chi connectivity index (χ0n) is 10.2. The molecule has 0 radical (unpaired) electrons. The average Bonchev–Trinajstić information content (AvgIpc) is 2.41. The molecule has 0 spiro atoms. The van der Waals surface area contributed by atoms with Gasteiger partial charge in [0, 0.05) is 22.3 Å². The molecule has 0 saturated carbocycles. The normalized spacial score (nSPS) is 9.85. The van der Waals surface area contributed by atoms with E-state index >= 15 is 0 Å². The lowest BCUT2D eigenvalue weighted by Gasteiger charge is -2.08. The van der Waals surface area contributed by atoms with Crippen molar-refractivity contribution in [2.45, 2.75) is 6.92 Å². The lowest BCUT2D eigenvalue weighted by Crippen LogP contribution is -1.99. The van der Waals surface area contributed by atoms with E-state index in [0.717, 1.165) is 0 Å². The number of rotatable bonds is 3. The Bertz CT molecular complexity index is 727. The Morgan fingerprint density at radius 2 is 2.25 bits per heavy atom. The van der Waals surface area contributed by atoms with E-state index in [-0.39, 0.29) is 23.1 Å². The van der Waals surface area contributed by atoms with Crippen LogP contribution < -0.4 is 4.74 Å². The van der Waals surface area contributed by atoms with E-state index < -0.39 is 4.92 Å². The van der Waals surface area contributed by atoms with E-state index in [1.54, 1.807) is 13.0 Å². The van der Waals surface area contributed by atoms with Gasteiger partial charge in [0.25, 0.3) is 0 Å². The van der Waals surface area contributed by atoms with Crippen molar-refractivity contribution in [1.82, 2.24) is 9.97 Å². The molecule has 7 nitrogen and oxygen atoms in total. The molecule has 0 N–H and O–H groups in total. The Morgan fingerprint density at radius 3 is 2.90 bits per heavy atom. The van der Waals surface area contributed by atoms with E-state index in [0.29, 0.717) is 10.0 Å². The summed E-state index contributed by atoms with van der Waals surface area (Å²) in [6.07, 6.45) is 1.35. The summed E-state index contributed by atoms with van der Waals surface area (Å²) in [7, 11) is 0. The quantitative estimate of drug-likeness (QED) is 0.631.